The molecule has 3 rings (SSSR count). The average molecular weight is 225 g/mol. The van der Waals surface area contributed by atoms with E-state index < -0.39 is 11.7 Å². The van der Waals surface area contributed by atoms with Crippen LogP contribution >= 0.6 is 0 Å². The fourth-order valence-corrected chi connectivity index (χ4v) is 2.61. The van der Waals surface area contributed by atoms with Crippen molar-refractivity contribution in [2.75, 3.05) is 0 Å². The molecule has 5 heteroatoms. The zero-order valence-corrected chi connectivity index (χ0v) is 9.60. The first-order valence-corrected chi connectivity index (χ1v) is 5.60. The number of rotatable bonds is 0. The fraction of sp³-hybridized carbons (Fsp3) is 0.818. The number of fused-ring (bicyclic) bond motifs is 3. The second-order valence-electron chi connectivity index (χ2n) is 5.66. The van der Waals surface area contributed by atoms with E-state index in [1.54, 1.807) is 20.8 Å². The van der Waals surface area contributed by atoms with Crippen LogP contribution in [0.5, 0.6) is 0 Å². The van der Waals surface area contributed by atoms with Crippen LogP contribution in [0.1, 0.15) is 27.2 Å². The summed E-state index contributed by atoms with van der Waals surface area (Å²) >= 11 is 0. The molecule has 0 N–H and O–H groups in total. The molecule has 16 heavy (non-hydrogen) atoms. The van der Waals surface area contributed by atoms with Crippen LogP contribution in [-0.4, -0.2) is 40.8 Å². The lowest BCUT2D eigenvalue weighted by Gasteiger charge is -2.42. The summed E-state index contributed by atoms with van der Waals surface area (Å²) in [7, 11) is 0. The minimum absolute atomic E-state index is 0.00346. The highest BCUT2D eigenvalue weighted by atomic mass is 16.6. The highest BCUT2D eigenvalue weighted by molar-refractivity contribution is 6.00. The zero-order valence-electron chi connectivity index (χ0n) is 9.60. The number of epoxide rings is 1. The van der Waals surface area contributed by atoms with Crippen molar-refractivity contribution in [3.63, 3.8) is 0 Å². The van der Waals surface area contributed by atoms with E-state index in [9.17, 15) is 9.59 Å². The maximum Gasteiger partial charge on any atom is 0.417 e. The van der Waals surface area contributed by atoms with Gasteiger partial charge >= 0.3 is 6.09 Å². The predicted molar refractivity (Wildman–Crippen MR) is 53.6 cm³/mol. The van der Waals surface area contributed by atoms with E-state index in [0.717, 1.165) is 6.42 Å². The van der Waals surface area contributed by atoms with Gasteiger partial charge in [0, 0.05) is 0 Å². The van der Waals surface area contributed by atoms with Crippen LogP contribution in [0.2, 0.25) is 0 Å². The molecular formula is C11H15NO4. The molecule has 2 aliphatic heterocycles. The van der Waals surface area contributed by atoms with Crippen molar-refractivity contribution in [1.82, 2.24) is 4.90 Å². The number of carbonyl (C=O) groups is 2. The molecule has 0 unspecified atom stereocenters. The van der Waals surface area contributed by atoms with Gasteiger partial charge in [0.15, 0.2) is 0 Å². The number of amides is 2. The Morgan fingerprint density at radius 2 is 2.19 bits per heavy atom. The number of imide groups is 1. The van der Waals surface area contributed by atoms with Crippen molar-refractivity contribution >= 4 is 12.0 Å². The number of β-lactam (4-membered cyclic amide) rings is 1. The quantitative estimate of drug-likeness (QED) is 0.454. The molecule has 0 radical (unpaired) electrons. The van der Waals surface area contributed by atoms with Crippen molar-refractivity contribution in [2.24, 2.45) is 5.92 Å². The van der Waals surface area contributed by atoms with Crippen molar-refractivity contribution in [3.05, 3.63) is 0 Å². The van der Waals surface area contributed by atoms with E-state index >= 15 is 0 Å². The molecule has 0 bridgehead atoms. The second kappa shape index (κ2) is 2.77. The summed E-state index contributed by atoms with van der Waals surface area (Å²) < 4.78 is 10.5. The highest BCUT2D eigenvalue weighted by Gasteiger charge is 2.69. The largest absolute Gasteiger partial charge is 0.443 e. The SMILES string of the molecule is CC(C)(C)OC(=O)N1C(=O)[C@H]2C[C@@H]3O[C@@H]3[C@H]21. The van der Waals surface area contributed by atoms with Gasteiger partial charge in [-0.1, -0.05) is 0 Å². The number of likely N-dealkylation sites (tertiary alicyclic amines) is 1. The maximum absolute atomic E-state index is 11.8. The van der Waals surface area contributed by atoms with Crippen LogP contribution in [-0.2, 0) is 14.3 Å². The molecule has 0 spiro atoms. The summed E-state index contributed by atoms with van der Waals surface area (Å²) in [5, 5.41) is 0. The Morgan fingerprint density at radius 3 is 2.81 bits per heavy atom. The van der Waals surface area contributed by atoms with Crippen molar-refractivity contribution in [3.8, 4) is 0 Å². The van der Waals surface area contributed by atoms with E-state index in [1.807, 2.05) is 0 Å². The molecule has 1 saturated carbocycles. The van der Waals surface area contributed by atoms with E-state index in [2.05, 4.69) is 0 Å². The number of carbonyl (C=O) groups excluding carboxylic acids is 2. The molecule has 2 heterocycles. The minimum Gasteiger partial charge on any atom is -0.443 e. The monoisotopic (exact) mass is 225 g/mol. The molecule has 1 aliphatic carbocycles. The predicted octanol–water partition coefficient (Wildman–Crippen LogP) is 0.920. The minimum atomic E-state index is -0.565. The van der Waals surface area contributed by atoms with Crippen LogP contribution in [0.25, 0.3) is 0 Å². The molecule has 0 aromatic carbocycles. The standard InChI is InChI=1S/C11H15NO4/c1-11(2,3)16-10(14)12-7-5(9(12)13)4-6-8(7)15-6/h5-8H,4H2,1-3H3/t5-,6-,7-,8-/m0/s1. The molecule has 5 nitrogen and oxygen atoms in total. The van der Waals surface area contributed by atoms with Crippen LogP contribution in [0.3, 0.4) is 0 Å². The topological polar surface area (TPSA) is 59.1 Å². The third-order valence-electron chi connectivity index (χ3n) is 3.30. The van der Waals surface area contributed by atoms with Gasteiger partial charge < -0.3 is 9.47 Å². The molecule has 0 aromatic rings. The van der Waals surface area contributed by atoms with Gasteiger partial charge in [-0.2, -0.15) is 0 Å². The highest BCUT2D eigenvalue weighted by Crippen LogP contribution is 2.51. The van der Waals surface area contributed by atoms with E-state index in [-0.39, 0.29) is 30.1 Å². The maximum atomic E-state index is 11.8. The third kappa shape index (κ3) is 1.27. The van der Waals surface area contributed by atoms with Gasteiger partial charge in [0.25, 0.3) is 0 Å². The molecular weight excluding hydrogens is 210 g/mol. The lowest BCUT2D eigenvalue weighted by Crippen LogP contribution is -2.64. The first kappa shape index (κ1) is 10.1. The summed E-state index contributed by atoms with van der Waals surface area (Å²) in [5.41, 5.74) is -0.565. The number of hydrogen-bond acceptors (Lipinski definition) is 4. The molecule has 0 aromatic heterocycles. The van der Waals surface area contributed by atoms with Crippen LogP contribution in [0.15, 0.2) is 0 Å². The van der Waals surface area contributed by atoms with Gasteiger partial charge in [-0.25, -0.2) is 9.69 Å². The Kier molecular flexibility index (Phi) is 1.74. The molecule has 3 aliphatic rings. The third-order valence-corrected chi connectivity index (χ3v) is 3.30. The van der Waals surface area contributed by atoms with Gasteiger partial charge in [0.1, 0.15) is 11.7 Å². The summed E-state index contributed by atoms with van der Waals surface area (Å²) in [5.74, 6) is -0.105. The van der Waals surface area contributed by atoms with E-state index in [1.165, 1.54) is 4.90 Å². The van der Waals surface area contributed by atoms with E-state index in [4.69, 9.17) is 9.47 Å². The van der Waals surface area contributed by atoms with Gasteiger partial charge in [-0.3, -0.25) is 4.79 Å². The number of hydrogen-bond donors (Lipinski definition) is 0. The van der Waals surface area contributed by atoms with Gasteiger partial charge in [0.2, 0.25) is 5.91 Å². The molecule has 4 atom stereocenters. The smallest absolute Gasteiger partial charge is 0.417 e. The van der Waals surface area contributed by atoms with Crippen molar-refractivity contribution < 1.29 is 19.1 Å². The lowest BCUT2D eigenvalue weighted by molar-refractivity contribution is -0.155. The number of nitrogens with zero attached hydrogens (tertiary/aromatic N) is 1. The Balaban J connectivity index is 1.71. The second-order valence-corrected chi connectivity index (χ2v) is 5.66. The van der Waals surface area contributed by atoms with Gasteiger partial charge in [0.05, 0.1) is 18.1 Å². The van der Waals surface area contributed by atoms with Gasteiger partial charge in [-0.05, 0) is 27.2 Å². The first-order valence-electron chi connectivity index (χ1n) is 5.60. The van der Waals surface area contributed by atoms with Crippen LogP contribution in [0.4, 0.5) is 4.79 Å². The lowest BCUT2D eigenvalue weighted by atomic mass is 9.90. The summed E-state index contributed by atoms with van der Waals surface area (Å²) in [4.78, 5) is 24.7. The van der Waals surface area contributed by atoms with Crippen LogP contribution < -0.4 is 0 Å². The fourth-order valence-electron chi connectivity index (χ4n) is 2.61. The normalized spacial score (nSPS) is 39.9. The van der Waals surface area contributed by atoms with Gasteiger partial charge in [-0.15, -0.1) is 0 Å². The molecule has 2 saturated heterocycles. The molecule has 88 valence electrons. The summed E-state index contributed by atoms with van der Waals surface area (Å²) in [6.45, 7) is 5.37. The Morgan fingerprint density at radius 1 is 1.50 bits per heavy atom. The molecule has 3 fully saturated rings. The summed E-state index contributed by atoms with van der Waals surface area (Å²) in [6.07, 6.45) is 0.518. The van der Waals surface area contributed by atoms with Crippen LogP contribution in [0, 0.1) is 5.92 Å². The van der Waals surface area contributed by atoms with E-state index in [0.29, 0.717) is 0 Å². The zero-order chi connectivity index (χ0) is 11.7. The Labute approximate surface area is 93.7 Å². The van der Waals surface area contributed by atoms with Crippen molar-refractivity contribution in [2.45, 2.75) is 51.0 Å². The Hall–Kier alpha value is -1.10. The summed E-state index contributed by atoms with van der Waals surface area (Å²) in [6, 6.07) is -0.0626. The molecule has 2 amide bonds. The average Bonchev–Trinajstić information content (AvgIpc) is 2.79. The van der Waals surface area contributed by atoms with Crippen molar-refractivity contribution in [1.29, 1.82) is 0 Å². The first-order chi connectivity index (χ1) is 7.38. The number of ether oxygens (including phenoxy) is 2. The Bertz CT molecular complexity index is 373.